The molecule has 2 aliphatic rings. The fraction of sp³-hybridized carbons (Fsp3) is 0.519. The minimum Gasteiger partial charge on any atom is -0.462 e. The molecule has 0 amide bonds. The van der Waals surface area contributed by atoms with E-state index >= 15 is 0 Å². The molecule has 33 heavy (non-hydrogen) atoms. The van der Waals surface area contributed by atoms with Gasteiger partial charge in [-0.25, -0.2) is 8.42 Å². The highest BCUT2D eigenvalue weighted by atomic mass is 32.2. The van der Waals surface area contributed by atoms with Crippen molar-refractivity contribution in [2.75, 3.05) is 5.75 Å². The number of rotatable bonds is 9. The molecule has 178 valence electrons. The van der Waals surface area contributed by atoms with E-state index in [1.165, 1.54) is 0 Å². The van der Waals surface area contributed by atoms with Gasteiger partial charge in [0, 0.05) is 18.0 Å². The molecule has 2 aromatic rings. The molecule has 0 radical (unpaired) electrons. The predicted molar refractivity (Wildman–Crippen MR) is 129 cm³/mol. The average Bonchev–Trinajstić information content (AvgIpc) is 3.13. The topological polar surface area (TPSA) is 72.5 Å². The van der Waals surface area contributed by atoms with Crippen LogP contribution in [0.4, 0.5) is 0 Å². The molecule has 5 nitrogen and oxygen atoms in total. The molecule has 6 heteroatoms. The van der Waals surface area contributed by atoms with E-state index in [0.717, 1.165) is 24.8 Å². The van der Waals surface area contributed by atoms with Crippen molar-refractivity contribution >= 4 is 15.8 Å². The minimum absolute atomic E-state index is 0.0211. The largest absolute Gasteiger partial charge is 0.462 e. The third-order valence-corrected chi connectivity index (χ3v) is 10.0. The molecule has 0 aliphatic heterocycles. The van der Waals surface area contributed by atoms with Crippen molar-refractivity contribution in [3.05, 3.63) is 66.2 Å². The van der Waals surface area contributed by atoms with Gasteiger partial charge in [0.25, 0.3) is 0 Å². The monoisotopic (exact) mass is 469 g/mol. The lowest BCUT2D eigenvalue weighted by Gasteiger charge is -2.41. The summed E-state index contributed by atoms with van der Waals surface area (Å²) in [4.78, 5) is 13.2. The summed E-state index contributed by atoms with van der Waals surface area (Å²) in [5.74, 6) is 0.135. The molecule has 2 bridgehead atoms. The molecule has 2 aliphatic carbocycles. The normalized spacial score (nSPS) is 26.8. The van der Waals surface area contributed by atoms with E-state index in [2.05, 4.69) is 19.2 Å². The van der Waals surface area contributed by atoms with Gasteiger partial charge in [0.2, 0.25) is 0 Å². The number of carbonyl (C=O) groups excluding carboxylic acids is 1. The lowest BCUT2D eigenvalue weighted by Crippen LogP contribution is -2.46. The molecule has 0 heterocycles. The van der Waals surface area contributed by atoms with E-state index in [9.17, 15) is 13.2 Å². The number of hydrogen-bond donors (Lipinski definition) is 1. The summed E-state index contributed by atoms with van der Waals surface area (Å²) >= 11 is 0. The summed E-state index contributed by atoms with van der Waals surface area (Å²) < 4.78 is 32.7. The van der Waals surface area contributed by atoms with Crippen LogP contribution in [-0.4, -0.2) is 32.3 Å². The van der Waals surface area contributed by atoms with Crippen LogP contribution in [0.15, 0.2) is 65.6 Å². The van der Waals surface area contributed by atoms with Crippen molar-refractivity contribution in [3.8, 4) is 0 Å². The Kier molecular flexibility index (Phi) is 6.70. The summed E-state index contributed by atoms with van der Waals surface area (Å²) in [5.41, 5.74) is 0.414. The fourth-order valence-corrected chi connectivity index (χ4v) is 8.09. The quantitative estimate of drug-likeness (QED) is 0.536. The van der Waals surface area contributed by atoms with Crippen LogP contribution < -0.4 is 5.32 Å². The molecule has 0 spiro atoms. The maximum Gasteiger partial charge on any atom is 0.307 e. The van der Waals surface area contributed by atoms with E-state index in [1.807, 2.05) is 43.3 Å². The molecular weight excluding hydrogens is 434 g/mol. The Morgan fingerprint density at radius 1 is 1.09 bits per heavy atom. The highest BCUT2D eigenvalue weighted by molar-refractivity contribution is 7.91. The zero-order chi connectivity index (χ0) is 23.7. The fourth-order valence-electron chi connectivity index (χ4n) is 5.97. The Morgan fingerprint density at radius 2 is 1.73 bits per heavy atom. The van der Waals surface area contributed by atoms with Crippen LogP contribution in [0.1, 0.15) is 52.0 Å². The van der Waals surface area contributed by atoms with Crippen LogP contribution in [0.5, 0.6) is 0 Å². The lowest BCUT2D eigenvalue weighted by molar-refractivity contribution is -0.157. The number of benzene rings is 2. The van der Waals surface area contributed by atoms with Crippen molar-refractivity contribution in [2.45, 2.75) is 70.0 Å². The van der Waals surface area contributed by atoms with E-state index in [0.29, 0.717) is 17.4 Å². The first-order valence-electron chi connectivity index (χ1n) is 11.9. The van der Waals surface area contributed by atoms with Crippen LogP contribution in [0, 0.1) is 16.7 Å². The van der Waals surface area contributed by atoms with Crippen LogP contribution in [0.3, 0.4) is 0 Å². The Hall–Kier alpha value is -2.18. The van der Waals surface area contributed by atoms with Crippen LogP contribution >= 0.6 is 0 Å². The van der Waals surface area contributed by atoms with Gasteiger partial charge in [0.05, 0.1) is 17.1 Å². The smallest absolute Gasteiger partial charge is 0.307 e. The first-order valence-corrected chi connectivity index (χ1v) is 13.5. The molecular formula is C27H35NO4S. The van der Waals surface area contributed by atoms with E-state index in [4.69, 9.17) is 4.74 Å². The van der Waals surface area contributed by atoms with Gasteiger partial charge in [-0.2, -0.15) is 0 Å². The first kappa shape index (κ1) is 24.0. The second-order valence-electron chi connectivity index (χ2n) is 10.4. The maximum atomic E-state index is 13.3. The first-order chi connectivity index (χ1) is 15.6. The highest BCUT2D eigenvalue weighted by Crippen LogP contribution is 2.67. The van der Waals surface area contributed by atoms with Gasteiger partial charge in [0.1, 0.15) is 6.10 Å². The maximum absolute atomic E-state index is 13.3. The Labute approximate surface area is 197 Å². The average molecular weight is 470 g/mol. The Bertz CT molecular complexity index is 1070. The summed E-state index contributed by atoms with van der Waals surface area (Å²) in [6.45, 7) is 6.98. The molecule has 0 unspecified atom stereocenters. The lowest BCUT2D eigenvalue weighted by atomic mass is 9.69. The molecule has 2 saturated carbocycles. The predicted octanol–water partition coefficient (Wildman–Crippen LogP) is 4.77. The molecule has 4 atom stereocenters. The van der Waals surface area contributed by atoms with Crippen molar-refractivity contribution in [3.63, 3.8) is 0 Å². The number of fused-ring (bicyclic) bond motifs is 2. The summed E-state index contributed by atoms with van der Waals surface area (Å²) in [6.07, 6.45) is 2.40. The molecule has 0 aromatic heterocycles. The Morgan fingerprint density at radius 3 is 2.36 bits per heavy atom. The van der Waals surface area contributed by atoms with Gasteiger partial charge in [-0.15, -0.1) is 0 Å². The SMILES string of the molecule is C[C@H](CC(=O)O[C@@H]1C[C@H]2CC[C@]1(CS(=O)(=O)c1ccccc1)C2(C)C)NCc1ccccc1. The number of sulfone groups is 1. The third-order valence-electron chi connectivity index (χ3n) is 8.15. The van der Waals surface area contributed by atoms with Gasteiger partial charge in [0.15, 0.2) is 9.84 Å². The van der Waals surface area contributed by atoms with Gasteiger partial charge in [-0.3, -0.25) is 4.79 Å². The Balaban J connectivity index is 1.44. The van der Waals surface area contributed by atoms with Crippen molar-refractivity contribution < 1.29 is 17.9 Å². The molecule has 0 saturated heterocycles. The third kappa shape index (κ3) is 4.73. The van der Waals surface area contributed by atoms with Gasteiger partial charge < -0.3 is 10.1 Å². The summed E-state index contributed by atoms with van der Waals surface area (Å²) in [5, 5.41) is 3.38. The second kappa shape index (κ2) is 9.22. The molecule has 2 aromatic carbocycles. The highest BCUT2D eigenvalue weighted by Gasteiger charge is 2.66. The van der Waals surface area contributed by atoms with Crippen LogP contribution in [0.2, 0.25) is 0 Å². The second-order valence-corrected chi connectivity index (χ2v) is 12.4. The van der Waals surface area contributed by atoms with Crippen LogP contribution in [-0.2, 0) is 25.9 Å². The van der Waals surface area contributed by atoms with Gasteiger partial charge in [-0.1, -0.05) is 62.4 Å². The summed E-state index contributed by atoms with van der Waals surface area (Å²) in [7, 11) is -3.49. The minimum atomic E-state index is -3.49. The van der Waals surface area contributed by atoms with Gasteiger partial charge >= 0.3 is 5.97 Å². The van der Waals surface area contributed by atoms with Gasteiger partial charge in [-0.05, 0) is 55.2 Å². The zero-order valence-electron chi connectivity index (χ0n) is 19.8. The summed E-state index contributed by atoms with van der Waals surface area (Å²) in [6, 6.07) is 18.7. The molecule has 4 rings (SSSR count). The van der Waals surface area contributed by atoms with Crippen molar-refractivity contribution in [1.29, 1.82) is 0 Å². The number of hydrogen-bond acceptors (Lipinski definition) is 5. The zero-order valence-corrected chi connectivity index (χ0v) is 20.6. The molecule has 1 N–H and O–H groups in total. The number of esters is 1. The molecule has 2 fully saturated rings. The van der Waals surface area contributed by atoms with Crippen molar-refractivity contribution in [1.82, 2.24) is 5.32 Å². The van der Waals surface area contributed by atoms with E-state index in [-0.39, 0.29) is 35.7 Å². The standard InChI is InChI=1S/C27H35NO4S/c1-20(28-18-21-10-6-4-7-11-21)16-25(29)32-24-17-22-14-15-27(24,26(22,2)3)19-33(30,31)23-12-8-5-9-13-23/h4-13,20,22,24,28H,14-19H2,1-3H3/t20-,22-,24-,27-/m1/s1. The number of ether oxygens (including phenoxy) is 1. The van der Waals surface area contributed by atoms with E-state index < -0.39 is 15.3 Å². The van der Waals surface area contributed by atoms with Crippen LogP contribution in [0.25, 0.3) is 0 Å². The number of nitrogens with one attached hydrogen (secondary N) is 1. The number of carbonyl (C=O) groups is 1. The van der Waals surface area contributed by atoms with E-state index in [1.54, 1.807) is 24.3 Å². The van der Waals surface area contributed by atoms with Crippen molar-refractivity contribution in [2.24, 2.45) is 16.7 Å².